The minimum atomic E-state index is -0.298. The van der Waals surface area contributed by atoms with Crippen LogP contribution in [-0.4, -0.2) is 44.9 Å². The molecule has 19 heavy (non-hydrogen) atoms. The molecule has 2 rings (SSSR count). The van der Waals surface area contributed by atoms with Crippen LogP contribution in [0.2, 0.25) is 0 Å². The molecule has 1 aromatic carbocycles. The second-order valence-corrected chi connectivity index (χ2v) is 4.06. The highest BCUT2D eigenvalue weighted by Crippen LogP contribution is 2.36. The van der Waals surface area contributed by atoms with E-state index >= 15 is 0 Å². The van der Waals surface area contributed by atoms with E-state index in [0.29, 0.717) is 23.7 Å². The van der Waals surface area contributed by atoms with Crippen LogP contribution in [-0.2, 0) is 4.84 Å². The van der Waals surface area contributed by atoms with E-state index in [1.165, 1.54) is 0 Å². The molecule has 6 nitrogen and oxygen atoms in total. The lowest BCUT2D eigenvalue weighted by Crippen LogP contribution is -2.13. The number of rotatable bonds is 5. The molecular weight excluding hydrogens is 250 g/mol. The molecule has 0 bridgehead atoms. The van der Waals surface area contributed by atoms with Crippen LogP contribution >= 0.6 is 0 Å². The summed E-state index contributed by atoms with van der Waals surface area (Å²) in [6.07, 6.45) is 0.232. The first-order valence-corrected chi connectivity index (χ1v) is 5.87. The standard InChI is InChI=1S/C13H17NO5/c1-16-11-6-13(18-3)12(17-2)5-9(11)10-4-8(7-15)19-14-10/h5-6,8,15H,4,7H2,1-3H3. The SMILES string of the molecule is COc1cc(OC)c(C2=NOC(CO)C2)cc1OC. The van der Waals surface area contributed by atoms with Crippen molar-refractivity contribution in [2.75, 3.05) is 27.9 Å². The molecule has 0 saturated carbocycles. The zero-order valence-corrected chi connectivity index (χ0v) is 11.2. The number of oxime groups is 1. The fourth-order valence-corrected chi connectivity index (χ4v) is 1.94. The van der Waals surface area contributed by atoms with Crippen molar-refractivity contribution in [2.45, 2.75) is 12.5 Å². The van der Waals surface area contributed by atoms with Crippen LogP contribution in [0.1, 0.15) is 12.0 Å². The summed E-state index contributed by atoms with van der Waals surface area (Å²) >= 11 is 0. The van der Waals surface area contributed by atoms with E-state index in [-0.39, 0.29) is 12.7 Å². The average molecular weight is 267 g/mol. The van der Waals surface area contributed by atoms with Gasteiger partial charge in [0, 0.05) is 18.1 Å². The first kappa shape index (κ1) is 13.5. The minimum absolute atomic E-state index is 0.0669. The second kappa shape index (κ2) is 5.79. The molecule has 1 atom stereocenters. The molecule has 1 aliphatic heterocycles. The molecule has 0 radical (unpaired) electrons. The van der Waals surface area contributed by atoms with Gasteiger partial charge in [-0.15, -0.1) is 0 Å². The zero-order chi connectivity index (χ0) is 13.8. The summed E-state index contributed by atoms with van der Waals surface area (Å²) < 4.78 is 15.8. The first-order chi connectivity index (χ1) is 9.23. The van der Waals surface area contributed by atoms with Crippen LogP contribution in [0.15, 0.2) is 17.3 Å². The van der Waals surface area contributed by atoms with Gasteiger partial charge in [0.2, 0.25) is 0 Å². The highest BCUT2D eigenvalue weighted by molar-refractivity contribution is 6.04. The van der Waals surface area contributed by atoms with E-state index in [1.807, 2.05) is 0 Å². The predicted octanol–water partition coefficient (Wildman–Crippen LogP) is 1.20. The summed E-state index contributed by atoms with van der Waals surface area (Å²) in [6, 6.07) is 3.53. The Bertz CT molecular complexity index is 486. The van der Waals surface area contributed by atoms with Gasteiger partial charge in [0.25, 0.3) is 0 Å². The number of hydrogen-bond acceptors (Lipinski definition) is 6. The average Bonchev–Trinajstić information content (AvgIpc) is 2.94. The van der Waals surface area contributed by atoms with Gasteiger partial charge in [-0.05, 0) is 6.07 Å². The Morgan fingerprint density at radius 2 is 1.79 bits per heavy atom. The molecule has 0 aliphatic carbocycles. The molecule has 1 unspecified atom stereocenters. The van der Waals surface area contributed by atoms with Gasteiger partial charge in [-0.3, -0.25) is 0 Å². The highest BCUT2D eigenvalue weighted by atomic mass is 16.6. The Hall–Kier alpha value is -1.95. The Morgan fingerprint density at radius 3 is 2.32 bits per heavy atom. The van der Waals surface area contributed by atoms with Crippen molar-refractivity contribution < 1.29 is 24.2 Å². The Labute approximate surface area is 111 Å². The van der Waals surface area contributed by atoms with Crippen LogP contribution in [0.4, 0.5) is 0 Å². The van der Waals surface area contributed by atoms with Crippen molar-refractivity contribution in [2.24, 2.45) is 5.16 Å². The van der Waals surface area contributed by atoms with E-state index in [0.717, 1.165) is 11.3 Å². The number of aliphatic hydroxyl groups is 1. The highest BCUT2D eigenvalue weighted by Gasteiger charge is 2.25. The molecule has 0 fully saturated rings. The Balaban J connectivity index is 2.39. The third-order valence-corrected chi connectivity index (χ3v) is 2.95. The maximum atomic E-state index is 9.07. The van der Waals surface area contributed by atoms with E-state index in [2.05, 4.69) is 5.16 Å². The number of hydrogen-bond donors (Lipinski definition) is 1. The third-order valence-electron chi connectivity index (χ3n) is 2.95. The van der Waals surface area contributed by atoms with Gasteiger partial charge in [-0.25, -0.2) is 0 Å². The second-order valence-electron chi connectivity index (χ2n) is 4.06. The van der Waals surface area contributed by atoms with Crippen molar-refractivity contribution >= 4 is 5.71 Å². The predicted molar refractivity (Wildman–Crippen MR) is 69.2 cm³/mol. The van der Waals surface area contributed by atoms with Gasteiger partial charge in [-0.2, -0.15) is 0 Å². The number of methoxy groups -OCH3 is 3. The van der Waals surface area contributed by atoms with Crippen LogP contribution in [0, 0.1) is 0 Å². The maximum Gasteiger partial charge on any atom is 0.164 e. The van der Waals surface area contributed by atoms with E-state index in [1.54, 1.807) is 33.5 Å². The molecule has 0 aromatic heterocycles. The maximum absolute atomic E-state index is 9.07. The zero-order valence-electron chi connectivity index (χ0n) is 11.2. The quantitative estimate of drug-likeness (QED) is 0.868. The molecule has 6 heteroatoms. The molecule has 1 aromatic rings. The summed E-state index contributed by atoms with van der Waals surface area (Å²) in [5, 5.41) is 13.0. The molecule has 1 N–H and O–H groups in total. The molecule has 1 heterocycles. The summed E-state index contributed by atoms with van der Waals surface area (Å²) in [6.45, 7) is -0.0669. The van der Waals surface area contributed by atoms with E-state index in [9.17, 15) is 0 Å². The number of benzene rings is 1. The van der Waals surface area contributed by atoms with Crippen molar-refractivity contribution in [3.05, 3.63) is 17.7 Å². The first-order valence-electron chi connectivity index (χ1n) is 5.87. The Kier molecular flexibility index (Phi) is 4.11. The van der Waals surface area contributed by atoms with Gasteiger partial charge in [0.05, 0.1) is 33.6 Å². The van der Waals surface area contributed by atoms with Crippen molar-refractivity contribution in [3.8, 4) is 17.2 Å². The number of ether oxygens (including phenoxy) is 3. The van der Waals surface area contributed by atoms with Gasteiger partial charge in [0.15, 0.2) is 17.6 Å². The molecule has 0 spiro atoms. The summed E-state index contributed by atoms with van der Waals surface area (Å²) in [5.74, 6) is 1.80. The number of nitrogens with zero attached hydrogens (tertiary/aromatic N) is 1. The topological polar surface area (TPSA) is 69.5 Å². The Morgan fingerprint density at radius 1 is 1.16 bits per heavy atom. The minimum Gasteiger partial charge on any atom is -0.496 e. The molecule has 1 aliphatic rings. The molecular formula is C13H17NO5. The number of aliphatic hydroxyl groups excluding tert-OH is 1. The van der Waals surface area contributed by atoms with E-state index < -0.39 is 0 Å². The van der Waals surface area contributed by atoms with Crippen LogP contribution in [0.5, 0.6) is 17.2 Å². The normalized spacial score (nSPS) is 17.7. The van der Waals surface area contributed by atoms with Gasteiger partial charge in [0.1, 0.15) is 5.75 Å². The monoisotopic (exact) mass is 267 g/mol. The summed E-state index contributed by atoms with van der Waals surface area (Å²) in [5.41, 5.74) is 1.49. The lowest BCUT2D eigenvalue weighted by molar-refractivity contribution is 0.0390. The van der Waals surface area contributed by atoms with E-state index in [4.69, 9.17) is 24.2 Å². The van der Waals surface area contributed by atoms with Gasteiger partial charge in [-0.1, -0.05) is 5.16 Å². The summed E-state index contributed by atoms with van der Waals surface area (Å²) in [7, 11) is 4.71. The largest absolute Gasteiger partial charge is 0.496 e. The lowest BCUT2D eigenvalue weighted by Gasteiger charge is -2.13. The van der Waals surface area contributed by atoms with Crippen molar-refractivity contribution in [1.82, 2.24) is 0 Å². The summed E-state index contributed by atoms with van der Waals surface area (Å²) in [4.78, 5) is 5.11. The van der Waals surface area contributed by atoms with Crippen molar-refractivity contribution in [1.29, 1.82) is 0 Å². The van der Waals surface area contributed by atoms with Crippen LogP contribution in [0.3, 0.4) is 0 Å². The molecule has 104 valence electrons. The molecule has 0 amide bonds. The smallest absolute Gasteiger partial charge is 0.164 e. The fourth-order valence-electron chi connectivity index (χ4n) is 1.94. The van der Waals surface area contributed by atoms with Crippen molar-refractivity contribution in [3.63, 3.8) is 0 Å². The third kappa shape index (κ3) is 2.58. The van der Waals surface area contributed by atoms with Crippen LogP contribution < -0.4 is 14.2 Å². The lowest BCUT2D eigenvalue weighted by atomic mass is 10.0. The fraction of sp³-hybridized carbons (Fsp3) is 0.462. The molecule has 0 saturated heterocycles. The van der Waals surface area contributed by atoms with Gasteiger partial charge < -0.3 is 24.2 Å². The van der Waals surface area contributed by atoms with Crippen LogP contribution in [0.25, 0.3) is 0 Å². The van der Waals surface area contributed by atoms with Gasteiger partial charge >= 0.3 is 0 Å².